The fraction of sp³-hybridized carbons (Fsp3) is 0.235. The largest absolute Gasteiger partial charge is 0.497 e. The number of nitrogens with zero attached hydrogens (tertiary/aromatic N) is 1. The first-order chi connectivity index (χ1) is 12.0. The Balaban J connectivity index is 1.68. The van der Waals surface area contributed by atoms with Gasteiger partial charge in [-0.05, 0) is 48.9 Å². The first-order valence-corrected chi connectivity index (χ1v) is 9.41. The molecule has 2 aromatic rings. The van der Waals surface area contributed by atoms with E-state index in [1.807, 2.05) is 0 Å². The van der Waals surface area contributed by atoms with E-state index in [-0.39, 0.29) is 5.75 Å². The van der Waals surface area contributed by atoms with Gasteiger partial charge >= 0.3 is 6.03 Å². The summed E-state index contributed by atoms with van der Waals surface area (Å²) in [5.74, 6) is 0.855. The van der Waals surface area contributed by atoms with Crippen molar-refractivity contribution in [2.75, 3.05) is 34.3 Å². The highest BCUT2D eigenvalue weighted by Crippen LogP contribution is 2.26. The molecule has 7 nitrogen and oxygen atoms in total. The zero-order chi connectivity index (χ0) is 17.9. The molecule has 2 amide bonds. The number of amides is 2. The third kappa shape index (κ3) is 4.03. The molecule has 0 radical (unpaired) electrons. The number of hydrogen-bond acceptors (Lipinski definition) is 4. The first-order valence-electron chi connectivity index (χ1n) is 7.80. The summed E-state index contributed by atoms with van der Waals surface area (Å²) in [6.07, 6.45) is 0.609. The molecule has 2 N–H and O–H groups in total. The van der Waals surface area contributed by atoms with Gasteiger partial charge in [-0.15, -0.1) is 0 Å². The van der Waals surface area contributed by atoms with Crippen LogP contribution in [0.1, 0.15) is 6.42 Å². The molecule has 1 aliphatic rings. The summed E-state index contributed by atoms with van der Waals surface area (Å²) in [5, 5.41) is 5.42. The number of rotatable bonds is 4. The summed E-state index contributed by atoms with van der Waals surface area (Å²) in [6.45, 7) is 0.462. The minimum absolute atomic E-state index is 0.155. The Kier molecular flexibility index (Phi) is 4.80. The smallest absolute Gasteiger partial charge is 0.323 e. The number of benzene rings is 2. The van der Waals surface area contributed by atoms with E-state index in [1.54, 1.807) is 55.6 Å². The molecule has 8 heteroatoms. The molecule has 0 aromatic heterocycles. The Morgan fingerprint density at radius 2 is 1.80 bits per heavy atom. The van der Waals surface area contributed by atoms with Crippen molar-refractivity contribution in [1.82, 2.24) is 0 Å². The number of carbonyl (C=O) groups excluding carboxylic acids is 1. The highest BCUT2D eigenvalue weighted by atomic mass is 32.2. The summed E-state index contributed by atoms with van der Waals surface area (Å²) in [5.41, 5.74) is 1.70. The van der Waals surface area contributed by atoms with Crippen LogP contribution in [0.2, 0.25) is 0 Å². The second-order valence-electron chi connectivity index (χ2n) is 5.60. The predicted molar refractivity (Wildman–Crippen MR) is 97.8 cm³/mol. The summed E-state index contributed by atoms with van der Waals surface area (Å²) in [6, 6.07) is 13.3. The van der Waals surface area contributed by atoms with Gasteiger partial charge in [0.1, 0.15) is 5.75 Å². The van der Waals surface area contributed by atoms with Gasteiger partial charge in [0, 0.05) is 17.9 Å². The molecular formula is C17H19N3O4S. The van der Waals surface area contributed by atoms with Crippen molar-refractivity contribution in [3.63, 3.8) is 0 Å². The molecule has 0 bridgehead atoms. The number of carbonyl (C=O) groups is 1. The van der Waals surface area contributed by atoms with Crippen LogP contribution in [0.15, 0.2) is 48.5 Å². The minimum atomic E-state index is -3.25. The summed E-state index contributed by atoms with van der Waals surface area (Å²) >= 11 is 0. The van der Waals surface area contributed by atoms with Crippen LogP contribution in [0.3, 0.4) is 0 Å². The van der Waals surface area contributed by atoms with Crippen molar-refractivity contribution in [3.8, 4) is 5.75 Å². The van der Waals surface area contributed by atoms with Gasteiger partial charge in [0.15, 0.2) is 0 Å². The van der Waals surface area contributed by atoms with Crippen LogP contribution in [-0.2, 0) is 10.0 Å². The topological polar surface area (TPSA) is 87.7 Å². The lowest BCUT2D eigenvalue weighted by Gasteiger charge is -2.18. The Bertz CT molecular complexity index is 866. The van der Waals surface area contributed by atoms with Crippen LogP contribution in [0.25, 0.3) is 0 Å². The Hall–Kier alpha value is -2.74. The molecule has 0 spiro atoms. The van der Waals surface area contributed by atoms with Crippen molar-refractivity contribution in [2.45, 2.75) is 6.42 Å². The van der Waals surface area contributed by atoms with Crippen LogP contribution >= 0.6 is 0 Å². The van der Waals surface area contributed by atoms with Gasteiger partial charge in [-0.2, -0.15) is 0 Å². The van der Waals surface area contributed by atoms with E-state index < -0.39 is 16.1 Å². The zero-order valence-corrected chi connectivity index (χ0v) is 14.5. The fourth-order valence-electron chi connectivity index (χ4n) is 2.64. The number of hydrogen-bond donors (Lipinski definition) is 2. The van der Waals surface area contributed by atoms with Crippen molar-refractivity contribution >= 4 is 33.1 Å². The van der Waals surface area contributed by atoms with E-state index in [0.29, 0.717) is 35.8 Å². The lowest BCUT2D eigenvalue weighted by atomic mass is 10.2. The normalized spacial score (nSPS) is 15.6. The predicted octanol–water partition coefficient (Wildman–Crippen LogP) is 2.88. The van der Waals surface area contributed by atoms with Gasteiger partial charge in [-0.25, -0.2) is 13.2 Å². The van der Waals surface area contributed by atoms with Crippen LogP contribution in [0, 0.1) is 0 Å². The average Bonchev–Trinajstić information content (AvgIpc) is 2.95. The molecule has 0 saturated carbocycles. The lowest BCUT2D eigenvalue weighted by Crippen LogP contribution is -2.25. The van der Waals surface area contributed by atoms with Gasteiger partial charge in [-0.3, -0.25) is 4.31 Å². The van der Waals surface area contributed by atoms with Crippen LogP contribution in [0.5, 0.6) is 5.75 Å². The Morgan fingerprint density at radius 3 is 2.44 bits per heavy atom. The molecule has 1 fully saturated rings. The maximum absolute atomic E-state index is 12.1. The van der Waals surface area contributed by atoms with E-state index in [9.17, 15) is 13.2 Å². The number of urea groups is 1. The quantitative estimate of drug-likeness (QED) is 0.876. The monoisotopic (exact) mass is 361 g/mol. The number of anilines is 3. The third-order valence-electron chi connectivity index (χ3n) is 3.84. The number of sulfonamides is 1. The second-order valence-corrected chi connectivity index (χ2v) is 7.61. The molecule has 3 rings (SSSR count). The van der Waals surface area contributed by atoms with Gasteiger partial charge in [0.2, 0.25) is 10.0 Å². The Morgan fingerprint density at radius 1 is 1.08 bits per heavy atom. The fourth-order valence-corrected chi connectivity index (χ4v) is 4.19. The van der Waals surface area contributed by atoms with E-state index >= 15 is 0 Å². The summed E-state index contributed by atoms with van der Waals surface area (Å²) < 4.78 is 30.5. The van der Waals surface area contributed by atoms with Crippen LogP contribution in [-0.4, -0.2) is 33.9 Å². The molecule has 132 valence electrons. The van der Waals surface area contributed by atoms with Crippen molar-refractivity contribution in [2.24, 2.45) is 0 Å². The van der Waals surface area contributed by atoms with Crippen molar-refractivity contribution in [3.05, 3.63) is 48.5 Å². The third-order valence-corrected chi connectivity index (χ3v) is 5.71. The molecule has 1 aliphatic heterocycles. The van der Waals surface area contributed by atoms with Gasteiger partial charge in [0.05, 0.1) is 18.6 Å². The van der Waals surface area contributed by atoms with E-state index in [1.165, 1.54) is 4.31 Å². The van der Waals surface area contributed by atoms with Gasteiger partial charge in [0.25, 0.3) is 0 Å². The first kappa shape index (κ1) is 17.1. The number of methoxy groups -OCH3 is 1. The number of nitrogens with one attached hydrogen (secondary N) is 2. The van der Waals surface area contributed by atoms with Crippen molar-refractivity contribution in [1.29, 1.82) is 0 Å². The molecule has 0 atom stereocenters. The maximum atomic E-state index is 12.1. The SMILES string of the molecule is COc1ccc(NC(=O)Nc2cccc(N3CCCS3(=O)=O)c2)cc1. The number of ether oxygens (including phenoxy) is 1. The maximum Gasteiger partial charge on any atom is 0.323 e. The molecule has 1 saturated heterocycles. The van der Waals surface area contributed by atoms with Gasteiger partial charge in [-0.1, -0.05) is 6.07 Å². The van der Waals surface area contributed by atoms with E-state index in [2.05, 4.69) is 10.6 Å². The molecule has 2 aromatic carbocycles. The summed E-state index contributed by atoms with van der Waals surface area (Å²) in [4.78, 5) is 12.1. The molecule has 25 heavy (non-hydrogen) atoms. The average molecular weight is 361 g/mol. The molecule has 0 unspecified atom stereocenters. The minimum Gasteiger partial charge on any atom is -0.497 e. The Labute approximate surface area is 146 Å². The van der Waals surface area contributed by atoms with E-state index in [0.717, 1.165) is 0 Å². The molecular weight excluding hydrogens is 342 g/mol. The van der Waals surface area contributed by atoms with Crippen molar-refractivity contribution < 1.29 is 17.9 Å². The standard InChI is InChI=1S/C17H19N3O4S/c1-24-16-8-6-13(7-9-16)18-17(21)19-14-4-2-5-15(12-14)20-10-3-11-25(20,22)23/h2,4-9,12H,3,10-11H2,1H3,(H2,18,19,21). The highest BCUT2D eigenvalue weighted by Gasteiger charge is 2.28. The highest BCUT2D eigenvalue weighted by molar-refractivity contribution is 7.93. The zero-order valence-electron chi connectivity index (χ0n) is 13.7. The summed E-state index contributed by atoms with van der Waals surface area (Å²) in [7, 11) is -1.68. The van der Waals surface area contributed by atoms with Crippen LogP contribution in [0.4, 0.5) is 21.9 Å². The molecule has 1 heterocycles. The van der Waals surface area contributed by atoms with E-state index in [4.69, 9.17) is 4.74 Å². The molecule has 0 aliphatic carbocycles. The van der Waals surface area contributed by atoms with Crippen LogP contribution < -0.4 is 19.7 Å². The van der Waals surface area contributed by atoms with Gasteiger partial charge < -0.3 is 15.4 Å². The second kappa shape index (κ2) is 7.02. The lowest BCUT2D eigenvalue weighted by molar-refractivity contribution is 0.262.